The monoisotopic (exact) mass is 260 g/mol. The number of likely N-dealkylation sites (N-methyl/N-ethyl adjacent to an activating group) is 1. The van der Waals surface area contributed by atoms with Crippen LogP contribution in [0.3, 0.4) is 0 Å². The van der Waals surface area contributed by atoms with Gasteiger partial charge in [0.05, 0.1) is 0 Å². The summed E-state index contributed by atoms with van der Waals surface area (Å²) in [7, 11) is 4.19. The average molecular weight is 260 g/mol. The maximum absolute atomic E-state index is 8.85. The third-order valence-electron chi connectivity index (χ3n) is 3.28. The van der Waals surface area contributed by atoms with E-state index in [9.17, 15) is 0 Å². The summed E-state index contributed by atoms with van der Waals surface area (Å²) in [5.41, 5.74) is 0.431. The Morgan fingerprint density at radius 3 is 2.68 bits per heavy atom. The van der Waals surface area contributed by atoms with Crippen molar-refractivity contribution in [1.82, 2.24) is 19.8 Å². The molecule has 0 unspecified atom stereocenters. The van der Waals surface area contributed by atoms with Gasteiger partial charge >= 0.3 is 0 Å². The number of nitrogens with zero attached hydrogens (tertiary/aromatic N) is 6. The lowest BCUT2D eigenvalue weighted by Crippen LogP contribution is -2.48. The van der Waals surface area contributed by atoms with E-state index in [2.05, 4.69) is 44.8 Å². The standard InChI is InChI=1S/C13H20N6/c1-17(2)5-6-18-7-9-19(10-8-18)13-15-4-3-12(11-14)16-13/h3-4H,5-10H2,1-2H3. The van der Waals surface area contributed by atoms with E-state index in [1.54, 1.807) is 12.3 Å². The normalized spacial score (nSPS) is 16.6. The Hall–Kier alpha value is -1.71. The van der Waals surface area contributed by atoms with Crippen molar-refractivity contribution in [1.29, 1.82) is 5.26 Å². The van der Waals surface area contributed by atoms with Gasteiger partial charge in [0.1, 0.15) is 11.8 Å². The van der Waals surface area contributed by atoms with Crippen molar-refractivity contribution in [3.8, 4) is 6.07 Å². The first-order valence-corrected chi connectivity index (χ1v) is 6.54. The molecule has 6 nitrogen and oxygen atoms in total. The minimum absolute atomic E-state index is 0.431. The van der Waals surface area contributed by atoms with Crippen LogP contribution in [0, 0.1) is 11.3 Å². The first-order valence-electron chi connectivity index (χ1n) is 6.54. The van der Waals surface area contributed by atoms with Crippen molar-refractivity contribution in [3.63, 3.8) is 0 Å². The Labute approximate surface area is 114 Å². The zero-order valence-corrected chi connectivity index (χ0v) is 11.6. The molecular weight excluding hydrogens is 240 g/mol. The first kappa shape index (κ1) is 13.7. The second-order valence-electron chi connectivity index (χ2n) is 4.99. The van der Waals surface area contributed by atoms with Crippen LogP contribution in [0.2, 0.25) is 0 Å². The van der Waals surface area contributed by atoms with Gasteiger partial charge in [-0.2, -0.15) is 5.26 Å². The number of piperazine rings is 1. The van der Waals surface area contributed by atoms with E-state index in [-0.39, 0.29) is 0 Å². The van der Waals surface area contributed by atoms with E-state index in [1.165, 1.54) is 0 Å². The van der Waals surface area contributed by atoms with Crippen molar-refractivity contribution >= 4 is 5.95 Å². The minimum Gasteiger partial charge on any atom is -0.338 e. The summed E-state index contributed by atoms with van der Waals surface area (Å²) >= 11 is 0. The van der Waals surface area contributed by atoms with Crippen LogP contribution in [-0.4, -0.2) is 73.1 Å². The molecule has 0 spiro atoms. The van der Waals surface area contributed by atoms with E-state index in [4.69, 9.17) is 5.26 Å². The van der Waals surface area contributed by atoms with Gasteiger partial charge in [0, 0.05) is 45.5 Å². The summed E-state index contributed by atoms with van der Waals surface area (Å²) in [5.74, 6) is 0.673. The Bertz CT molecular complexity index is 445. The number of nitriles is 1. The van der Waals surface area contributed by atoms with E-state index >= 15 is 0 Å². The van der Waals surface area contributed by atoms with Crippen molar-refractivity contribution in [2.75, 3.05) is 58.3 Å². The number of rotatable bonds is 4. The number of anilines is 1. The molecule has 1 aliphatic heterocycles. The van der Waals surface area contributed by atoms with Gasteiger partial charge in [-0.25, -0.2) is 9.97 Å². The van der Waals surface area contributed by atoms with E-state index < -0.39 is 0 Å². The highest BCUT2D eigenvalue weighted by atomic mass is 15.3. The smallest absolute Gasteiger partial charge is 0.226 e. The van der Waals surface area contributed by atoms with E-state index in [0.717, 1.165) is 39.3 Å². The van der Waals surface area contributed by atoms with Crippen molar-refractivity contribution in [2.45, 2.75) is 0 Å². The molecule has 0 radical (unpaired) electrons. The summed E-state index contributed by atoms with van der Waals surface area (Å²) in [6.45, 7) is 6.06. The zero-order valence-electron chi connectivity index (χ0n) is 11.6. The molecule has 0 atom stereocenters. The van der Waals surface area contributed by atoms with Crippen LogP contribution in [0.25, 0.3) is 0 Å². The lowest BCUT2D eigenvalue weighted by atomic mass is 10.3. The molecular formula is C13H20N6. The fraction of sp³-hybridized carbons (Fsp3) is 0.615. The molecule has 0 N–H and O–H groups in total. The van der Waals surface area contributed by atoms with Crippen LogP contribution < -0.4 is 4.90 Å². The molecule has 2 heterocycles. The van der Waals surface area contributed by atoms with E-state index in [0.29, 0.717) is 11.6 Å². The Morgan fingerprint density at radius 1 is 1.32 bits per heavy atom. The van der Waals surface area contributed by atoms with Crippen LogP contribution in [0.4, 0.5) is 5.95 Å². The van der Waals surface area contributed by atoms with Crippen molar-refractivity contribution in [2.24, 2.45) is 0 Å². The molecule has 0 saturated carbocycles. The Kier molecular flexibility index (Phi) is 4.66. The molecule has 1 aromatic rings. The molecule has 1 aliphatic rings. The number of aromatic nitrogens is 2. The average Bonchev–Trinajstić information content (AvgIpc) is 2.45. The predicted molar refractivity (Wildman–Crippen MR) is 74.0 cm³/mol. The molecule has 0 amide bonds. The maximum atomic E-state index is 8.85. The minimum atomic E-state index is 0.431. The topological polar surface area (TPSA) is 59.3 Å². The molecule has 1 aromatic heterocycles. The van der Waals surface area contributed by atoms with Gasteiger partial charge in [-0.1, -0.05) is 0 Å². The Morgan fingerprint density at radius 2 is 2.05 bits per heavy atom. The molecule has 19 heavy (non-hydrogen) atoms. The highest BCUT2D eigenvalue weighted by Gasteiger charge is 2.18. The molecule has 2 rings (SSSR count). The number of hydrogen-bond acceptors (Lipinski definition) is 6. The zero-order chi connectivity index (χ0) is 13.7. The third kappa shape index (κ3) is 3.88. The SMILES string of the molecule is CN(C)CCN1CCN(c2nccc(C#N)n2)CC1. The van der Waals surface area contributed by atoms with Gasteiger partial charge in [-0.05, 0) is 20.2 Å². The quantitative estimate of drug-likeness (QED) is 0.761. The van der Waals surface area contributed by atoms with Crippen molar-refractivity contribution < 1.29 is 0 Å². The van der Waals surface area contributed by atoms with Gasteiger partial charge in [-0.3, -0.25) is 4.90 Å². The van der Waals surface area contributed by atoms with Crippen LogP contribution in [0.15, 0.2) is 12.3 Å². The molecule has 0 aliphatic carbocycles. The summed E-state index contributed by atoms with van der Waals surface area (Å²) < 4.78 is 0. The Balaban J connectivity index is 1.87. The highest BCUT2D eigenvalue weighted by Crippen LogP contribution is 2.10. The largest absolute Gasteiger partial charge is 0.338 e. The number of hydrogen-bond donors (Lipinski definition) is 0. The lowest BCUT2D eigenvalue weighted by molar-refractivity contribution is 0.228. The van der Waals surface area contributed by atoms with Gasteiger partial charge < -0.3 is 9.80 Å². The molecule has 1 saturated heterocycles. The third-order valence-corrected chi connectivity index (χ3v) is 3.28. The van der Waals surface area contributed by atoms with Gasteiger partial charge in [0.25, 0.3) is 0 Å². The van der Waals surface area contributed by atoms with Gasteiger partial charge in [0.2, 0.25) is 5.95 Å². The summed E-state index contributed by atoms with van der Waals surface area (Å²) in [5, 5.41) is 8.85. The second kappa shape index (κ2) is 6.45. The fourth-order valence-corrected chi connectivity index (χ4v) is 2.08. The van der Waals surface area contributed by atoms with E-state index in [1.807, 2.05) is 0 Å². The van der Waals surface area contributed by atoms with Crippen LogP contribution in [0.1, 0.15) is 5.69 Å². The predicted octanol–water partition coefficient (Wildman–Crippen LogP) is 0.0319. The summed E-state index contributed by atoms with van der Waals surface area (Å²) in [4.78, 5) is 15.3. The van der Waals surface area contributed by atoms with Crippen LogP contribution in [-0.2, 0) is 0 Å². The van der Waals surface area contributed by atoms with Gasteiger partial charge in [0.15, 0.2) is 0 Å². The lowest BCUT2D eigenvalue weighted by Gasteiger charge is -2.35. The van der Waals surface area contributed by atoms with Gasteiger partial charge in [-0.15, -0.1) is 0 Å². The summed E-state index contributed by atoms with van der Waals surface area (Å²) in [6.07, 6.45) is 1.65. The highest BCUT2D eigenvalue weighted by molar-refractivity contribution is 5.34. The molecule has 6 heteroatoms. The molecule has 102 valence electrons. The first-order chi connectivity index (χ1) is 9.19. The molecule has 0 aromatic carbocycles. The maximum Gasteiger partial charge on any atom is 0.226 e. The summed E-state index contributed by atoms with van der Waals surface area (Å²) in [6, 6.07) is 3.69. The van der Waals surface area contributed by atoms with Crippen molar-refractivity contribution in [3.05, 3.63) is 18.0 Å². The molecule has 1 fully saturated rings. The fourth-order valence-electron chi connectivity index (χ4n) is 2.08. The molecule has 0 bridgehead atoms. The van der Waals surface area contributed by atoms with Crippen LogP contribution >= 0.6 is 0 Å². The van der Waals surface area contributed by atoms with Crippen LogP contribution in [0.5, 0.6) is 0 Å². The second-order valence-corrected chi connectivity index (χ2v) is 4.99.